The Labute approximate surface area is 731 Å². The molecule has 0 saturated carbocycles. The number of phenolic OH excluding ortho intramolecular Hbond substituents is 2. The van der Waals surface area contributed by atoms with Gasteiger partial charge in [-0.1, -0.05) is 448 Å². The second-order valence-corrected chi connectivity index (χ2v) is 37.3. The number of ether oxygens (including phenoxy) is 2. The third-order valence-corrected chi connectivity index (χ3v) is 26.4. The van der Waals surface area contributed by atoms with Crippen molar-refractivity contribution in [1.29, 1.82) is 0 Å². The van der Waals surface area contributed by atoms with E-state index in [0.717, 1.165) is 120 Å². The van der Waals surface area contributed by atoms with Crippen molar-refractivity contribution in [3.8, 4) is 23.0 Å². The first-order chi connectivity index (χ1) is 56.5. The van der Waals surface area contributed by atoms with Gasteiger partial charge >= 0.3 is 17.9 Å². The molecule has 0 saturated heterocycles. The molecule has 7 rings (SSSR count). The second-order valence-electron chi connectivity index (χ2n) is 34.6. The van der Waals surface area contributed by atoms with Crippen LogP contribution in [0.15, 0.2) is 98.3 Å². The SMILES string of the molecule is CCCCCCCCC(CCCCCC)CCc1c2c(c(CCC(CCCCCC)CCCCCCCC)c3c1=C(c1ccc(Br)cc1)C(=O)O3)=C(c1ccc(Br)cc1)C(=O)O2.CCCCCCCCC(CCCCCC)CCc1cc(O)c(CCC(CCCCCC)CCCCCCCC)cc1O.O=C(O)C(O)c1ccc(Br)cc1. The lowest BCUT2D eigenvalue weighted by molar-refractivity contribution is -0.147. The highest BCUT2D eigenvalue weighted by molar-refractivity contribution is 9.11. The number of fused-ring (bicyclic) bond motifs is 2. The van der Waals surface area contributed by atoms with Crippen molar-refractivity contribution in [3.63, 3.8) is 0 Å². The zero-order chi connectivity index (χ0) is 83.9. The van der Waals surface area contributed by atoms with E-state index in [1.54, 1.807) is 24.3 Å². The molecule has 0 radical (unpaired) electrons. The number of halogens is 3. The molecule has 116 heavy (non-hydrogen) atoms. The van der Waals surface area contributed by atoms with Crippen LogP contribution in [0.4, 0.5) is 0 Å². The van der Waals surface area contributed by atoms with E-state index in [1.807, 2.05) is 60.7 Å². The number of phenols is 2. The van der Waals surface area contributed by atoms with Crippen LogP contribution in [0.5, 0.6) is 23.0 Å². The number of aliphatic carboxylic acids is 1. The summed E-state index contributed by atoms with van der Waals surface area (Å²) in [4.78, 5) is 39.1. The minimum absolute atomic E-state index is 0.309. The molecule has 0 spiro atoms. The number of unbranched alkanes of at least 4 members (excludes halogenated alkanes) is 32. The highest BCUT2D eigenvalue weighted by Crippen LogP contribution is 2.39. The summed E-state index contributed by atoms with van der Waals surface area (Å²) in [6.07, 6.45) is 68.7. The van der Waals surface area contributed by atoms with Gasteiger partial charge in [-0.05, 0) is 151 Å². The lowest BCUT2D eigenvalue weighted by Gasteiger charge is -2.20. The fraction of sp³-hybridized carbons (Fsp3) is 0.663. The summed E-state index contributed by atoms with van der Waals surface area (Å²) >= 11 is 10.4. The molecule has 0 amide bonds. The highest BCUT2D eigenvalue weighted by atomic mass is 79.9. The third kappa shape index (κ3) is 39.0. The van der Waals surface area contributed by atoms with Crippen LogP contribution >= 0.6 is 47.8 Å². The van der Waals surface area contributed by atoms with E-state index in [0.29, 0.717) is 51.5 Å². The molecule has 2 aliphatic rings. The van der Waals surface area contributed by atoms with Crippen LogP contribution in [0, 0.1) is 23.7 Å². The quantitative estimate of drug-likeness (QED) is 0.0129. The Morgan fingerprint density at radius 1 is 0.319 bits per heavy atom. The van der Waals surface area contributed by atoms with Gasteiger partial charge in [0.25, 0.3) is 0 Å². The van der Waals surface area contributed by atoms with Crippen LogP contribution in [0.2, 0.25) is 0 Å². The van der Waals surface area contributed by atoms with Gasteiger partial charge in [0.2, 0.25) is 0 Å². The predicted octanol–water partition coefficient (Wildman–Crippen LogP) is 31.2. The fourth-order valence-corrected chi connectivity index (χ4v) is 18.4. The van der Waals surface area contributed by atoms with Gasteiger partial charge < -0.3 is 29.9 Å². The lowest BCUT2D eigenvalue weighted by Crippen LogP contribution is -2.24. The first-order valence-electron chi connectivity index (χ1n) is 47.6. The topological polar surface area (TPSA) is 151 Å². The van der Waals surface area contributed by atoms with Gasteiger partial charge in [-0.2, -0.15) is 0 Å². The van der Waals surface area contributed by atoms with Crippen molar-refractivity contribution < 1.29 is 44.3 Å². The molecular weight excluding hydrogens is 1630 g/mol. The van der Waals surface area contributed by atoms with Crippen molar-refractivity contribution >= 4 is 76.8 Å². The maximum Gasteiger partial charge on any atom is 0.344 e. The van der Waals surface area contributed by atoms with Gasteiger partial charge in [-0.3, -0.25) is 0 Å². The Hall–Kier alpha value is -4.75. The molecule has 5 aromatic rings. The van der Waals surface area contributed by atoms with Crippen molar-refractivity contribution in [2.75, 3.05) is 0 Å². The maximum absolute atomic E-state index is 14.4. The zero-order valence-electron chi connectivity index (χ0n) is 74.0. The summed E-state index contributed by atoms with van der Waals surface area (Å²) in [6.45, 7) is 18.3. The number of aliphatic hydroxyl groups excluding tert-OH is 1. The molecule has 9 nitrogen and oxygen atoms in total. The molecule has 5 aromatic carbocycles. The Morgan fingerprint density at radius 3 is 0.793 bits per heavy atom. The van der Waals surface area contributed by atoms with E-state index in [9.17, 15) is 24.6 Å². The molecule has 0 bridgehead atoms. The van der Waals surface area contributed by atoms with E-state index in [-0.39, 0.29) is 11.9 Å². The molecule has 4 N–H and O–H groups in total. The number of aromatic hydroxyl groups is 2. The maximum atomic E-state index is 14.4. The molecule has 0 aromatic heterocycles. The zero-order valence-corrected chi connectivity index (χ0v) is 78.8. The van der Waals surface area contributed by atoms with E-state index in [2.05, 4.69) is 103 Å². The molecule has 0 fully saturated rings. The van der Waals surface area contributed by atoms with Gasteiger partial charge in [0.1, 0.15) is 23.0 Å². The van der Waals surface area contributed by atoms with Crippen LogP contribution in [0.3, 0.4) is 0 Å². The number of carbonyl (C=O) groups excluding carboxylic acids is 2. The Bertz CT molecular complexity index is 3400. The summed E-state index contributed by atoms with van der Waals surface area (Å²) < 4.78 is 15.9. The number of aryl methyl sites for hydroxylation is 2. The minimum atomic E-state index is -1.43. The average molecular weight is 1790 g/mol. The number of hydrogen-bond acceptors (Lipinski definition) is 8. The minimum Gasteiger partial charge on any atom is -0.508 e. The van der Waals surface area contributed by atoms with Crippen molar-refractivity contribution in [1.82, 2.24) is 0 Å². The van der Waals surface area contributed by atoms with E-state index in [4.69, 9.17) is 19.7 Å². The standard InChI is InChI=1S/C56H78Br2O4.C40H74O2.C8H7BrO3/c1-5-9-13-17-19-23-27-41(25-21-15-11-7-3)29-39-47-51-49(43-31-35-45(57)36-32-43)55(59)62-54(51)48(52-50(56(60)61-53(47)52)44-33-37-46(58)38-34-44)40-30-42(26-22-16-12-8-4)28-24-20-18-14-10-6-2;1-5-9-13-17-19-23-27-35(25-21-15-11-7-3)29-31-37-33-40(42)38(34-39(37)41)32-30-36(26-22-16-12-8-4)28-24-20-18-14-10-6-2;9-6-3-1-5(2-4-6)7(10)8(11)12/h31-38,41-42H,5-30,39-40H2,1-4H3;33-36,41-42H,5-32H2,1-4H3;1-4,7,10H,(H,11,12). The first kappa shape index (κ1) is 102. The number of carboxylic acid groups (broad SMARTS) is 1. The number of hydrogen-bond donors (Lipinski definition) is 4. The normalized spacial score (nSPS) is 13.7. The molecular formula is C104H159Br3O9. The van der Waals surface area contributed by atoms with Gasteiger partial charge in [0, 0.05) is 35.0 Å². The average Bonchev–Trinajstić information content (AvgIpc) is 1.55. The number of esters is 2. The van der Waals surface area contributed by atoms with Crippen LogP contribution in [0.1, 0.15) is 434 Å². The second kappa shape index (κ2) is 62.4. The Kier molecular flexibility index (Phi) is 54.7. The van der Waals surface area contributed by atoms with Crippen molar-refractivity contribution in [2.45, 2.75) is 421 Å². The summed E-state index contributed by atoms with van der Waals surface area (Å²) in [5.41, 5.74) is 7.07. The monoisotopic (exact) mass is 1790 g/mol. The number of rotatable bonds is 64. The molecule has 650 valence electrons. The fourth-order valence-electron chi connectivity index (χ4n) is 17.6. The third-order valence-electron chi connectivity index (χ3n) is 24.8. The summed E-state index contributed by atoms with van der Waals surface area (Å²) in [6, 6.07) is 26.3. The largest absolute Gasteiger partial charge is 0.508 e. The van der Waals surface area contributed by atoms with Gasteiger partial charge in [-0.15, -0.1) is 0 Å². The van der Waals surface area contributed by atoms with E-state index >= 15 is 0 Å². The van der Waals surface area contributed by atoms with Crippen LogP contribution in [-0.4, -0.2) is 38.3 Å². The van der Waals surface area contributed by atoms with Crippen molar-refractivity contribution in [3.05, 3.63) is 148 Å². The number of carbonyl (C=O) groups is 3. The lowest BCUT2D eigenvalue weighted by atomic mass is 9.85. The van der Waals surface area contributed by atoms with E-state index < -0.39 is 12.1 Å². The van der Waals surface area contributed by atoms with Gasteiger partial charge in [0.05, 0.1) is 11.1 Å². The Morgan fingerprint density at radius 2 is 0.543 bits per heavy atom. The van der Waals surface area contributed by atoms with E-state index in [1.165, 1.54) is 308 Å². The van der Waals surface area contributed by atoms with Crippen LogP contribution in [0.25, 0.3) is 11.1 Å². The number of aliphatic hydroxyl groups is 1. The predicted molar refractivity (Wildman–Crippen MR) is 501 cm³/mol. The first-order valence-corrected chi connectivity index (χ1v) is 50.0. The molecule has 2 heterocycles. The Balaban J connectivity index is 0.000000381. The molecule has 12 heteroatoms. The smallest absolute Gasteiger partial charge is 0.344 e. The summed E-state index contributed by atoms with van der Waals surface area (Å²) in [5, 5.41) is 41.2. The molecule has 5 unspecified atom stereocenters. The molecule has 2 aliphatic heterocycles. The number of benzene rings is 5. The van der Waals surface area contributed by atoms with Crippen LogP contribution < -0.4 is 19.9 Å². The molecule has 0 aliphatic carbocycles. The molecule has 5 atom stereocenters. The summed E-state index contributed by atoms with van der Waals surface area (Å²) in [5.74, 6) is 2.90. The van der Waals surface area contributed by atoms with Gasteiger partial charge in [0.15, 0.2) is 6.10 Å². The number of carboxylic acids is 1. The summed E-state index contributed by atoms with van der Waals surface area (Å²) in [7, 11) is 0. The van der Waals surface area contributed by atoms with Gasteiger partial charge in [-0.25, -0.2) is 14.4 Å². The van der Waals surface area contributed by atoms with Crippen LogP contribution in [-0.2, 0) is 40.1 Å². The highest BCUT2D eigenvalue weighted by Gasteiger charge is 2.38. The van der Waals surface area contributed by atoms with Crippen molar-refractivity contribution in [2.24, 2.45) is 23.7 Å².